The maximum absolute atomic E-state index is 13.8. The lowest BCUT2D eigenvalue weighted by molar-refractivity contribution is -0.393. The fourth-order valence-corrected chi connectivity index (χ4v) is 2.63. The van der Waals surface area contributed by atoms with E-state index in [0.717, 1.165) is 6.07 Å². The molecule has 0 saturated heterocycles. The number of nitro groups is 2. The fraction of sp³-hybridized carbons (Fsp3) is 0.200. The third kappa shape index (κ3) is 2.83. The molecule has 9 heteroatoms. The van der Waals surface area contributed by atoms with Crippen molar-refractivity contribution in [3.63, 3.8) is 0 Å². The van der Waals surface area contributed by atoms with Crippen molar-refractivity contribution in [2.45, 2.75) is 12.5 Å². The van der Waals surface area contributed by atoms with E-state index in [1.165, 1.54) is 24.3 Å². The zero-order chi connectivity index (χ0) is 17.3. The highest BCUT2D eigenvalue weighted by Crippen LogP contribution is 2.38. The second-order valence-corrected chi connectivity index (χ2v) is 5.21. The molecule has 0 unspecified atom stereocenters. The summed E-state index contributed by atoms with van der Waals surface area (Å²) in [6, 6.07) is 7.44. The molecule has 0 amide bonds. The Bertz CT molecular complexity index is 827. The van der Waals surface area contributed by atoms with Crippen LogP contribution in [0.25, 0.3) is 0 Å². The van der Waals surface area contributed by atoms with E-state index in [1.54, 1.807) is 6.07 Å². The number of ether oxygens (including phenoxy) is 1. The van der Waals surface area contributed by atoms with Gasteiger partial charge in [-0.3, -0.25) is 20.2 Å². The predicted octanol–water partition coefficient (Wildman–Crippen LogP) is 3.58. The van der Waals surface area contributed by atoms with E-state index in [9.17, 15) is 24.6 Å². The van der Waals surface area contributed by atoms with Gasteiger partial charge >= 0.3 is 0 Å². The first kappa shape index (κ1) is 15.7. The average molecular weight is 333 g/mol. The lowest BCUT2D eigenvalue weighted by Gasteiger charge is -2.27. The van der Waals surface area contributed by atoms with Crippen molar-refractivity contribution >= 4 is 17.1 Å². The molecule has 124 valence electrons. The average Bonchev–Trinajstić information content (AvgIpc) is 2.56. The van der Waals surface area contributed by atoms with Gasteiger partial charge in [-0.15, -0.1) is 0 Å². The van der Waals surface area contributed by atoms with Crippen molar-refractivity contribution in [3.8, 4) is 5.75 Å². The van der Waals surface area contributed by atoms with Gasteiger partial charge < -0.3 is 10.1 Å². The van der Waals surface area contributed by atoms with Crippen LogP contribution in [-0.4, -0.2) is 16.5 Å². The number of fused-ring (bicyclic) bond motifs is 1. The molecule has 0 fully saturated rings. The van der Waals surface area contributed by atoms with Crippen LogP contribution in [0, 0.1) is 26.0 Å². The minimum Gasteiger partial charge on any atom is -0.490 e. The van der Waals surface area contributed by atoms with Gasteiger partial charge in [0, 0.05) is 18.1 Å². The standard InChI is InChI=1S/C15H12FN3O5/c16-11-3-1-2-10-12(6-7-24-15(10)11)17-13-5-4-9(18(20)21)8-14(13)19(22)23/h1-5,8,12,17H,6-7H2/t12-/m0/s1. The van der Waals surface area contributed by atoms with Crippen molar-refractivity contribution in [2.75, 3.05) is 11.9 Å². The van der Waals surface area contributed by atoms with Gasteiger partial charge in [0.05, 0.1) is 28.6 Å². The summed E-state index contributed by atoms with van der Waals surface area (Å²) >= 11 is 0. The molecule has 8 nitrogen and oxygen atoms in total. The molecule has 2 aromatic carbocycles. The Morgan fingerprint density at radius 3 is 2.67 bits per heavy atom. The first-order valence-electron chi connectivity index (χ1n) is 7.08. The van der Waals surface area contributed by atoms with Gasteiger partial charge in [-0.25, -0.2) is 4.39 Å². The number of non-ortho nitro benzene ring substituents is 1. The zero-order valence-corrected chi connectivity index (χ0v) is 12.3. The third-order valence-corrected chi connectivity index (χ3v) is 3.74. The maximum Gasteiger partial charge on any atom is 0.299 e. The summed E-state index contributed by atoms with van der Waals surface area (Å²) in [7, 11) is 0. The first-order chi connectivity index (χ1) is 11.5. The number of benzene rings is 2. The molecule has 1 N–H and O–H groups in total. The maximum atomic E-state index is 13.8. The summed E-state index contributed by atoms with van der Waals surface area (Å²) in [5.41, 5.74) is -0.0964. The van der Waals surface area contributed by atoms with Gasteiger partial charge in [0.2, 0.25) is 0 Å². The molecule has 1 aliphatic rings. The molecule has 0 aliphatic carbocycles. The first-order valence-corrected chi connectivity index (χ1v) is 7.08. The number of halogens is 1. The lowest BCUT2D eigenvalue weighted by atomic mass is 9.99. The Morgan fingerprint density at radius 2 is 1.96 bits per heavy atom. The molecular formula is C15H12FN3O5. The number of hydrogen-bond donors (Lipinski definition) is 1. The number of rotatable bonds is 4. The van der Waals surface area contributed by atoms with E-state index in [4.69, 9.17) is 4.74 Å². The number of nitrogens with one attached hydrogen (secondary N) is 1. The van der Waals surface area contributed by atoms with Gasteiger partial charge in [0.1, 0.15) is 5.69 Å². The summed E-state index contributed by atoms with van der Waals surface area (Å²) in [4.78, 5) is 20.6. The van der Waals surface area contributed by atoms with Crippen LogP contribution in [0.2, 0.25) is 0 Å². The van der Waals surface area contributed by atoms with Crippen LogP contribution < -0.4 is 10.1 Å². The molecule has 0 saturated carbocycles. The van der Waals surface area contributed by atoms with E-state index < -0.39 is 27.4 Å². The molecule has 0 aromatic heterocycles. The van der Waals surface area contributed by atoms with Crippen molar-refractivity contribution in [1.29, 1.82) is 0 Å². The molecule has 3 rings (SSSR count). The Hall–Kier alpha value is -3.23. The highest BCUT2D eigenvalue weighted by molar-refractivity contribution is 5.66. The number of hydrogen-bond acceptors (Lipinski definition) is 6. The van der Waals surface area contributed by atoms with Gasteiger partial charge in [0.25, 0.3) is 11.4 Å². The molecule has 2 aromatic rings. The molecule has 0 spiro atoms. The Labute approximate surface area is 135 Å². The van der Waals surface area contributed by atoms with Crippen molar-refractivity contribution in [3.05, 3.63) is 68.0 Å². The largest absolute Gasteiger partial charge is 0.490 e. The van der Waals surface area contributed by atoms with Gasteiger partial charge in [-0.2, -0.15) is 0 Å². The highest BCUT2D eigenvalue weighted by Gasteiger charge is 2.27. The monoisotopic (exact) mass is 333 g/mol. The molecule has 0 bridgehead atoms. The second kappa shape index (κ2) is 6.11. The molecular weight excluding hydrogens is 321 g/mol. The SMILES string of the molecule is O=[N+]([O-])c1ccc(N[C@H]2CCOc3c(F)cccc32)c([N+](=O)[O-])c1. The van der Waals surface area contributed by atoms with Gasteiger partial charge in [0.15, 0.2) is 11.6 Å². The molecule has 0 radical (unpaired) electrons. The molecule has 1 atom stereocenters. The quantitative estimate of drug-likeness (QED) is 0.677. The van der Waals surface area contributed by atoms with Crippen LogP contribution in [0.5, 0.6) is 5.75 Å². The molecule has 1 aliphatic heterocycles. The van der Waals surface area contributed by atoms with E-state index in [-0.39, 0.29) is 23.7 Å². The topological polar surface area (TPSA) is 108 Å². The number of anilines is 1. The number of nitrogens with zero attached hydrogens (tertiary/aromatic N) is 2. The van der Waals surface area contributed by atoms with Crippen LogP contribution in [0.3, 0.4) is 0 Å². The second-order valence-electron chi connectivity index (χ2n) is 5.21. The van der Waals surface area contributed by atoms with Crippen LogP contribution in [0.1, 0.15) is 18.0 Å². The van der Waals surface area contributed by atoms with Crippen molar-refractivity contribution in [1.82, 2.24) is 0 Å². The number of nitro benzene ring substituents is 2. The molecule has 1 heterocycles. The third-order valence-electron chi connectivity index (χ3n) is 3.74. The van der Waals surface area contributed by atoms with Crippen LogP contribution in [-0.2, 0) is 0 Å². The summed E-state index contributed by atoms with van der Waals surface area (Å²) in [6.45, 7) is 0.256. The van der Waals surface area contributed by atoms with E-state index in [0.29, 0.717) is 12.0 Å². The smallest absolute Gasteiger partial charge is 0.299 e. The normalized spacial score (nSPS) is 16.0. The van der Waals surface area contributed by atoms with E-state index in [1.807, 2.05) is 0 Å². The summed E-state index contributed by atoms with van der Waals surface area (Å²) < 4.78 is 19.1. The Kier molecular flexibility index (Phi) is 3.98. The fourth-order valence-electron chi connectivity index (χ4n) is 2.63. The lowest BCUT2D eigenvalue weighted by Crippen LogP contribution is -2.21. The van der Waals surface area contributed by atoms with Crippen LogP contribution in [0.15, 0.2) is 36.4 Å². The van der Waals surface area contributed by atoms with E-state index in [2.05, 4.69) is 5.32 Å². The Balaban J connectivity index is 1.97. The zero-order valence-electron chi connectivity index (χ0n) is 12.3. The van der Waals surface area contributed by atoms with Gasteiger partial charge in [-0.1, -0.05) is 12.1 Å². The van der Waals surface area contributed by atoms with Crippen molar-refractivity contribution < 1.29 is 19.0 Å². The minimum atomic E-state index is -0.699. The van der Waals surface area contributed by atoms with Gasteiger partial charge in [-0.05, 0) is 12.1 Å². The summed E-state index contributed by atoms with van der Waals surface area (Å²) in [5.74, 6) is -0.386. The Morgan fingerprint density at radius 1 is 1.17 bits per heavy atom. The number of para-hydroxylation sites is 1. The van der Waals surface area contributed by atoms with Crippen LogP contribution >= 0.6 is 0 Å². The summed E-state index contributed by atoms with van der Waals surface area (Å²) in [5, 5.41) is 24.9. The van der Waals surface area contributed by atoms with Crippen LogP contribution in [0.4, 0.5) is 21.5 Å². The molecule has 24 heavy (non-hydrogen) atoms. The minimum absolute atomic E-state index is 0.116. The highest BCUT2D eigenvalue weighted by atomic mass is 19.1. The van der Waals surface area contributed by atoms with E-state index >= 15 is 0 Å². The predicted molar refractivity (Wildman–Crippen MR) is 82.6 cm³/mol. The summed E-state index contributed by atoms with van der Waals surface area (Å²) in [6.07, 6.45) is 0.477. The van der Waals surface area contributed by atoms with Crippen molar-refractivity contribution in [2.24, 2.45) is 0 Å².